The van der Waals surface area contributed by atoms with E-state index in [4.69, 9.17) is 16.2 Å². The number of ether oxygens (including phenoxy) is 1. The third kappa shape index (κ3) is 5.81. The van der Waals surface area contributed by atoms with Crippen LogP contribution in [-0.4, -0.2) is 30.3 Å². The van der Waals surface area contributed by atoms with E-state index in [0.29, 0.717) is 46.2 Å². The zero-order chi connectivity index (χ0) is 26.8. The summed E-state index contributed by atoms with van der Waals surface area (Å²) in [5, 5.41) is 3.15. The van der Waals surface area contributed by atoms with Crippen LogP contribution in [0.5, 0.6) is 5.75 Å². The van der Waals surface area contributed by atoms with E-state index in [9.17, 15) is 18.0 Å². The van der Waals surface area contributed by atoms with E-state index in [1.54, 1.807) is 37.1 Å². The zero-order valence-electron chi connectivity index (χ0n) is 20.7. The second-order valence-corrected chi connectivity index (χ2v) is 8.56. The van der Waals surface area contributed by atoms with Crippen LogP contribution in [0.3, 0.4) is 0 Å². The van der Waals surface area contributed by atoms with Crippen molar-refractivity contribution in [3.05, 3.63) is 65.4 Å². The van der Waals surface area contributed by atoms with Crippen LogP contribution in [0.1, 0.15) is 55.5 Å². The van der Waals surface area contributed by atoms with Crippen molar-refractivity contribution in [2.24, 2.45) is 10.7 Å². The number of hydrogen-bond acceptors (Lipinski definition) is 5. The quantitative estimate of drug-likeness (QED) is 0.261. The minimum atomic E-state index is -4.52. The molecule has 1 heterocycles. The van der Waals surface area contributed by atoms with Crippen molar-refractivity contribution in [2.75, 3.05) is 19.4 Å². The van der Waals surface area contributed by atoms with Crippen LogP contribution in [0, 0.1) is 0 Å². The third-order valence-corrected chi connectivity index (χ3v) is 5.80. The van der Waals surface area contributed by atoms with Gasteiger partial charge in [0.1, 0.15) is 5.75 Å². The molecule has 3 rings (SSSR count). The number of carbonyl (C=O) groups is 1. The maximum absolute atomic E-state index is 13.3. The minimum Gasteiger partial charge on any atom is -0.496 e. The zero-order valence-corrected chi connectivity index (χ0v) is 20.7. The molecule has 0 bridgehead atoms. The monoisotopic (exact) mass is 501 g/mol. The predicted molar refractivity (Wildman–Crippen MR) is 136 cm³/mol. The molecule has 1 aliphatic rings. The molecule has 0 radical (unpaired) electrons. The second-order valence-electron chi connectivity index (χ2n) is 8.56. The number of nitrogens with zero attached hydrogens (tertiary/aromatic N) is 2. The summed E-state index contributed by atoms with van der Waals surface area (Å²) in [4.78, 5) is 18.3. The van der Waals surface area contributed by atoms with Crippen LogP contribution in [0.4, 0.5) is 24.5 Å². The summed E-state index contributed by atoms with van der Waals surface area (Å²) < 4.78 is 45.5. The van der Waals surface area contributed by atoms with Gasteiger partial charge in [-0.2, -0.15) is 13.2 Å². The molecule has 2 aromatic carbocycles. The lowest BCUT2D eigenvalue weighted by Crippen LogP contribution is -2.19. The van der Waals surface area contributed by atoms with Crippen molar-refractivity contribution in [2.45, 2.75) is 39.4 Å². The summed E-state index contributed by atoms with van der Waals surface area (Å²) in [6, 6.07) is 6.36. The molecule has 1 aliphatic heterocycles. The first kappa shape index (κ1) is 26.7. The van der Waals surface area contributed by atoms with Crippen molar-refractivity contribution in [1.82, 2.24) is 10.2 Å². The lowest BCUT2D eigenvalue weighted by atomic mass is 9.97. The van der Waals surface area contributed by atoms with Crippen LogP contribution < -0.4 is 21.5 Å². The summed E-state index contributed by atoms with van der Waals surface area (Å²) in [5.74, 6) is 0.774. The fraction of sp³-hybridized carbons (Fsp3) is 0.308. The highest BCUT2D eigenvalue weighted by Crippen LogP contribution is 2.40. The van der Waals surface area contributed by atoms with E-state index in [-0.39, 0.29) is 18.0 Å². The molecule has 2 aromatic rings. The normalized spacial score (nSPS) is 15.1. The molecule has 0 fully saturated rings. The fourth-order valence-electron chi connectivity index (χ4n) is 4.03. The highest BCUT2D eigenvalue weighted by atomic mass is 19.4. The highest BCUT2D eigenvalue weighted by molar-refractivity contribution is 5.97. The van der Waals surface area contributed by atoms with E-state index in [2.05, 4.69) is 16.9 Å². The standard InChI is InChI=1S/C26H30F3N5O2/c1-6-34-13-18(9-25(34)35)22-11-21(23(33-16(4)30)12-24(22)36-5)15(3)32-14(2)17-7-19(26(27,28)29)10-20(31)8-17/h7-8,10-14,32H,3,6,9,31H2,1-2,4-5H3,(H2,30,33). The number of nitrogens with one attached hydrogen (secondary N) is 1. The molecule has 0 spiro atoms. The largest absolute Gasteiger partial charge is 0.496 e. The third-order valence-electron chi connectivity index (χ3n) is 5.80. The summed E-state index contributed by atoms with van der Waals surface area (Å²) >= 11 is 0. The average molecular weight is 502 g/mol. The first-order valence-corrected chi connectivity index (χ1v) is 11.3. The number of hydrogen-bond donors (Lipinski definition) is 3. The van der Waals surface area contributed by atoms with Crippen LogP contribution in [0.2, 0.25) is 0 Å². The van der Waals surface area contributed by atoms with Gasteiger partial charge >= 0.3 is 6.18 Å². The Morgan fingerprint density at radius 1 is 1.28 bits per heavy atom. The van der Waals surface area contributed by atoms with E-state index in [1.807, 2.05) is 6.92 Å². The Kier molecular flexibility index (Phi) is 7.66. The Balaban J connectivity index is 2.03. The van der Waals surface area contributed by atoms with Gasteiger partial charge in [-0.25, -0.2) is 4.99 Å². The topological polar surface area (TPSA) is 106 Å². The molecule has 192 valence electrons. The van der Waals surface area contributed by atoms with E-state index in [1.165, 1.54) is 13.2 Å². The van der Waals surface area contributed by atoms with Crippen LogP contribution in [0.25, 0.3) is 11.3 Å². The molecular weight excluding hydrogens is 471 g/mol. The van der Waals surface area contributed by atoms with Crippen molar-refractivity contribution in [3.63, 3.8) is 0 Å². The SMILES string of the molecule is C=C(NC(C)c1cc(N)cc(C(F)(F)F)c1)c1cc(C2=CN(CC)C(=O)C2)c(OC)cc1/N=C(/C)N. The Labute approximate surface area is 208 Å². The van der Waals surface area contributed by atoms with Crippen molar-refractivity contribution in [3.8, 4) is 5.75 Å². The number of aliphatic imine (C=N–C) groups is 1. The molecule has 36 heavy (non-hydrogen) atoms. The van der Waals surface area contributed by atoms with Gasteiger partial charge in [0.15, 0.2) is 0 Å². The molecule has 10 heteroatoms. The number of amidine groups is 1. The Morgan fingerprint density at radius 2 is 1.97 bits per heavy atom. The predicted octanol–water partition coefficient (Wildman–Crippen LogP) is 5.22. The first-order valence-electron chi connectivity index (χ1n) is 11.3. The van der Waals surface area contributed by atoms with Crippen LogP contribution in [-0.2, 0) is 11.0 Å². The Hall–Kier alpha value is -3.95. The van der Waals surface area contributed by atoms with Crippen molar-refractivity contribution >= 4 is 34.4 Å². The minimum absolute atomic E-state index is 0.00758. The maximum Gasteiger partial charge on any atom is 0.416 e. The molecule has 0 aliphatic carbocycles. The Bertz CT molecular complexity index is 1250. The molecule has 5 N–H and O–H groups in total. The number of carbonyl (C=O) groups excluding carboxylic acids is 1. The molecule has 1 unspecified atom stereocenters. The lowest BCUT2D eigenvalue weighted by Gasteiger charge is -2.22. The molecule has 1 atom stereocenters. The van der Waals surface area contributed by atoms with Gasteiger partial charge < -0.3 is 26.4 Å². The number of rotatable bonds is 8. The van der Waals surface area contributed by atoms with Gasteiger partial charge in [0.2, 0.25) is 5.91 Å². The van der Waals surface area contributed by atoms with Crippen LogP contribution in [0.15, 0.2) is 48.1 Å². The molecule has 7 nitrogen and oxygen atoms in total. The van der Waals surface area contributed by atoms with Gasteiger partial charge in [-0.15, -0.1) is 0 Å². The number of nitrogen functional groups attached to an aromatic ring is 1. The summed E-state index contributed by atoms with van der Waals surface area (Å²) in [6.07, 6.45) is -2.53. The Morgan fingerprint density at radius 3 is 2.53 bits per heavy atom. The lowest BCUT2D eigenvalue weighted by molar-refractivity contribution is -0.137. The molecule has 0 aromatic heterocycles. The number of nitrogens with two attached hydrogens (primary N) is 2. The number of alkyl halides is 3. The number of halogens is 3. The van der Waals surface area contributed by atoms with Gasteiger partial charge in [0.25, 0.3) is 0 Å². The number of benzene rings is 2. The number of amides is 1. The van der Waals surface area contributed by atoms with E-state index >= 15 is 0 Å². The van der Waals surface area contributed by atoms with Crippen molar-refractivity contribution in [1.29, 1.82) is 0 Å². The van der Waals surface area contributed by atoms with Crippen molar-refractivity contribution < 1.29 is 22.7 Å². The van der Waals surface area contributed by atoms with Gasteiger partial charge in [-0.1, -0.05) is 6.58 Å². The first-order chi connectivity index (χ1) is 16.8. The average Bonchev–Trinajstić information content (AvgIpc) is 3.17. The van der Waals surface area contributed by atoms with Gasteiger partial charge in [0, 0.05) is 47.4 Å². The van der Waals surface area contributed by atoms with E-state index in [0.717, 1.165) is 17.7 Å². The molecular formula is C26H30F3N5O2. The summed E-state index contributed by atoms with van der Waals surface area (Å²) in [6.45, 7) is 9.87. The van der Waals surface area contributed by atoms with Crippen LogP contribution >= 0.6 is 0 Å². The smallest absolute Gasteiger partial charge is 0.416 e. The number of methoxy groups -OCH3 is 1. The second kappa shape index (κ2) is 10.3. The van der Waals surface area contributed by atoms with Gasteiger partial charge in [0.05, 0.1) is 30.6 Å². The maximum atomic E-state index is 13.3. The number of anilines is 1. The summed E-state index contributed by atoms with van der Waals surface area (Å²) in [7, 11) is 1.52. The van der Waals surface area contributed by atoms with E-state index < -0.39 is 17.8 Å². The fourth-order valence-corrected chi connectivity index (χ4v) is 4.03. The summed E-state index contributed by atoms with van der Waals surface area (Å²) in [5.41, 5.74) is 14.0. The highest BCUT2D eigenvalue weighted by Gasteiger charge is 2.31. The molecule has 1 amide bonds. The molecule has 0 saturated carbocycles. The molecule has 0 saturated heterocycles. The van der Waals surface area contributed by atoms with Gasteiger partial charge in [-0.3, -0.25) is 4.79 Å². The van der Waals surface area contributed by atoms with Gasteiger partial charge in [-0.05, 0) is 56.2 Å².